The molecule has 2 aliphatic rings. The van der Waals surface area contributed by atoms with Gasteiger partial charge in [-0.1, -0.05) is 12.8 Å². The summed E-state index contributed by atoms with van der Waals surface area (Å²) < 4.78 is 2.39. The van der Waals surface area contributed by atoms with Crippen molar-refractivity contribution in [3.8, 4) is 0 Å². The van der Waals surface area contributed by atoms with Crippen molar-refractivity contribution < 1.29 is 9.59 Å². The third-order valence-corrected chi connectivity index (χ3v) is 7.35. The number of hydrogen-bond acceptors (Lipinski definition) is 3. The van der Waals surface area contributed by atoms with Gasteiger partial charge in [-0.05, 0) is 75.9 Å². The lowest BCUT2D eigenvalue weighted by Gasteiger charge is -2.46. The maximum Gasteiger partial charge on any atom is 0.159 e. The van der Waals surface area contributed by atoms with Gasteiger partial charge in [-0.25, -0.2) is 0 Å². The van der Waals surface area contributed by atoms with Gasteiger partial charge in [0.05, 0.1) is 0 Å². The van der Waals surface area contributed by atoms with E-state index in [4.69, 9.17) is 0 Å². The van der Waals surface area contributed by atoms with Crippen LogP contribution >= 0.6 is 0 Å². The number of ketones is 2. The smallest absolute Gasteiger partial charge is 0.159 e. The number of nitrogens with zero attached hydrogens (tertiary/aromatic N) is 2. The Kier molecular flexibility index (Phi) is 4.98. The molecule has 0 unspecified atom stereocenters. The highest BCUT2D eigenvalue weighted by atomic mass is 16.1. The van der Waals surface area contributed by atoms with Gasteiger partial charge in [0.2, 0.25) is 0 Å². The largest absolute Gasteiger partial charge is 0.339 e. The van der Waals surface area contributed by atoms with Gasteiger partial charge in [0, 0.05) is 58.1 Å². The number of rotatable bonds is 7. The second kappa shape index (κ2) is 7.66. The van der Waals surface area contributed by atoms with Gasteiger partial charge in [0.25, 0.3) is 0 Å². The van der Waals surface area contributed by atoms with E-state index in [0.29, 0.717) is 0 Å². The molecule has 0 spiro atoms. The van der Waals surface area contributed by atoms with Crippen molar-refractivity contribution in [1.82, 2.24) is 9.47 Å². The predicted molar refractivity (Wildman–Crippen MR) is 121 cm³/mol. The van der Waals surface area contributed by atoms with Crippen LogP contribution in [0.15, 0.2) is 36.4 Å². The molecule has 2 fully saturated rings. The summed E-state index contributed by atoms with van der Waals surface area (Å²) in [7, 11) is 0. The van der Waals surface area contributed by atoms with E-state index >= 15 is 0 Å². The summed E-state index contributed by atoms with van der Waals surface area (Å²) in [4.78, 5) is 26.7. The molecule has 2 aliphatic carbocycles. The van der Waals surface area contributed by atoms with Crippen molar-refractivity contribution >= 4 is 33.4 Å². The van der Waals surface area contributed by atoms with Crippen LogP contribution in [0, 0.1) is 0 Å². The van der Waals surface area contributed by atoms with E-state index in [1.165, 1.54) is 38.5 Å². The summed E-state index contributed by atoms with van der Waals surface area (Å²) in [6.07, 6.45) is 8.10. The Hall–Kier alpha value is -2.46. The Labute approximate surface area is 177 Å². The minimum absolute atomic E-state index is 0.0710. The van der Waals surface area contributed by atoms with E-state index in [-0.39, 0.29) is 11.6 Å². The van der Waals surface area contributed by atoms with E-state index in [9.17, 15) is 9.59 Å². The monoisotopic (exact) mass is 402 g/mol. The van der Waals surface area contributed by atoms with E-state index in [2.05, 4.69) is 21.6 Å². The summed E-state index contributed by atoms with van der Waals surface area (Å²) in [5.41, 5.74) is 3.75. The van der Waals surface area contributed by atoms with Crippen molar-refractivity contribution in [3.63, 3.8) is 0 Å². The number of Topliss-reactive ketones (excluding diaryl/α,β-unsaturated/α-hetero) is 2. The topological polar surface area (TPSA) is 42.3 Å². The normalized spacial score (nSPS) is 17.4. The molecule has 5 rings (SSSR count). The molecule has 4 nitrogen and oxygen atoms in total. The molecule has 0 aliphatic heterocycles. The molecule has 0 saturated heterocycles. The third-order valence-electron chi connectivity index (χ3n) is 7.35. The quantitative estimate of drug-likeness (QED) is 0.483. The standard InChI is InChI=1S/C26H30N2O2/c1-17(29)19-9-11-25-23(15-19)24-16-20(18(2)30)10-12-26(24)28(25)14-13-27(21-5-3-6-21)22-7-4-8-22/h9-12,15-16,21-22H,3-8,13-14H2,1-2H3. The van der Waals surface area contributed by atoms with Crippen LogP contribution in [0.4, 0.5) is 0 Å². The van der Waals surface area contributed by atoms with E-state index < -0.39 is 0 Å². The van der Waals surface area contributed by atoms with Gasteiger partial charge in [0.15, 0.2) is 11.6 Å². The first kappa shape index (κ1) is 19.5. The van der Waals surface area contributed by atoms with E-state index in [1.807, 2.05) is 24.3 Å². The van der Waals surface area contributed by atoms with Gasteiger partial charge in [-0.3, -0.25) is 14.5 Å². The Morgan fingerprint density at radius 2 is 1.30 bits per heavy atom. The van der Waals surface area contributed by atoms with Crippen LogP contribution in [-0.2, 0) is 6.54 Å². The zero-order chi connectivity index (χ0) is 20.8. The Bertz CT molecular complexity index is 1050. The van der Waals surface area contributed by atoms with Crippen LogP contribution in [0.3, 0.4) is 0 Å². The molecular formula is C26H30N2O2. The number of fused-ring (bicyclic) bond motifs is 3. The Balaban J connectivity index is 1.57. The first-order valence-corrected chi connectivity index (χ1v) is 11.4. The highest BCUT2D eigenvalue weighted by Crippen LogP contribution is 2.35. The van der Waals surface area contributed by atoms with Gasteiger partial charge >= 0.3 is 0 Å². The first-order chi connectivity index (χ1) is 14.5. The first-order valence-electron chi connectivity index (χ1n) is 11.4. The van der Waals surface area contributed by atoms with E-state index in [0.717, 1.165) is 58.1 Å². The Morgan fingerprint density at radius 1 is 0.833 bits per heavy atom. The summed E-state index contributed by atoms with van der Waals surface area (Å²) in [6, 6.07) is 13.5. The summed E-state index contributed by atoms with van der Waals surface area (Å²) >= 11 is 0. The summed E-state index contributed by atoms with van der Waals surface area (Å²) in [5, 5.41) is 2.14. The second-order valence-electron chi connectivity index (χ2n) is 9.14. The van der Waals surface area contributed by atoms with Crippen molar-refractivity contribution in [2.45, 2.75) is 71.0 Å². The zero-order valence-electron chi connectivity index (χ0n) is 18.0. The zero-order valence-corrected chi connectivity index (χ0v) is 18.0. The SMILES string of the molecule is CC(=O)c1ccc2c(c1)c1cc(C(C)=O)ccc1n2CCN(C1CCC1)C1CCC1. The fraction of sp³-hybridized carbons (Fsp3) is 0.462. The number of aromatic nitrogens is 1. The molecular weight excluding hydrogens is 372 g/mol. The molecule has 30 heavy (non-hydrogen) atoms. The summed E-state index contributed by atoms with van der Waals surface area (Å²) in [6.45, 7) is 5.22. The average molecular weight is 403 g/mol. The van der Waals surface area contributed by atoms with E-state index in [1.54, 1.807) is 13.8 Å². The average Bonchev–Trinajstić information content (AvgIpc) is 2.95. The molecule has 0 bridgehead atoms. The van der Waals surface area contributed by atoms with Gasteiger partial charge in [-0.15, -0.1) is 0 Å². The molecule has 1 aromatic heterocycles. The molecule has 1 heterocycles. The van der Waals surface area contributed by atoms with Crippen molar-refractivity contribution in [2.24, 2.45) is 0 Å². The predicted octanol–water partition coefficient (Wildman–Crippen LogP) is 5.61. The number of hydrogen-bond donors (Lipinski definition) is 0. The fourth-order valence-electron chi connectivity index (χ4n) is 5.10. The molecule has 0 N–H and O–H groups in total. The molecule has 0 amide bonds. The minimum Gasteiger partial charge on any atom is -0.339 e. The van der Waals surface area contributed by atoms with Crippen LogP contribution < -0.4 is 0 Å². The minimum atomic E-state index is 0.0710. The number of carbonyl (C=O) groups excluding carboxylic acids is 2. The molecule has 0 radical (unpaired) electrons. The van der Waals surface area contributed by atoms with Crippen LogP contribution in [0.1, 0.15) is 73.1 Å². The maximum absolute atomic E-state index is 12.0. The van der Waals surface area contributed by atoms with Crippen LogP contribution in [0.5, 0.6) is 0 Å². The molecule has 2 saturated carbocycles. The lowest BCUT2D eigenvalue weighted by Crippen LogP contribution is -2.50. The maximum atomic E-state index is 12.0. The molecule has 4 heteroatoms. The second-order valence-corrected chi connectivity index (χ2v) is 9.14. The van der Waals surface area contributed by atoms with Crippen LogP contribution in [0.2, 0.25) is 0 Å². The van der Waals surface area contributed by atoms with Crippen molar-refractivity contribution in [1.29, 1.82) is 0 Å². The van der Waals surface area contributed by atoms with Crippen LogP contribution in [-0.4, -0.2) is 39.7 Å². The number of carbonyl (C=O) groups is 2. The molecule has 0 atom stereocenters. The highest BCUT2D eigenvalue weighted by Gasteiger charge is 2.33. The summed E-state index contributed by atoms with van der Waals surface area (Å²) in [5.74, 6) is 0.142. The third kappa shape index (κ3) is 3.27. The molecule has 156 valence electrons. The lowest BCUT2D eigenvalue weighted by atomic mass is 9.84. The number of benzene rings is 2. The fourth-order valence-corrected chi connectivity index (χ4v) is 5.10. The molecule has 3 aromatic rings. The van der Waals surface area contributed by atoms with Crippen molar-refractivity contribution in [2.75, 3.05) is 6.54 Å². The highest BCUT2D eigenvalue weighted by molar-refractivity contribution is 6.12. The van der Waals surface area contributed by atoms with Gasteiger partial charge in [0.1, 0.15) is 0 Å². The lowest BCUT2D eigenvalue weighted by molar-refractivity contribution is 0.0381. The molecule has 2 aromatic carbocycles. The van der Waals surface area contributed by atoms with Crippen molar-refractivity contribution in [3.05, 3.63) is 47.5 Å². The Morgan fingerprint density at radius 3 is 1.67 bits per heavy atom. The van der Waals surface area contributed by atoms with Gasteiger partial charge in [-0.2, -0.15) is 0 Å². The van der Waals surface area contributed by atoms with Gasteiger partial charge < -0.3 is 4.57 Å². The van der Waals surface area contributed by atoms with Crippen LogP contribution in [0.25, 0.3) is 21.8 Å².